The van der Waals surface area contributed by atoms with Gasteiger partial charge in [-0.25, -0.2) is 0 Å². The maximum absolute atomic E-state index is 6.03. The summed E-state index contributed by atoms with van der Waals surface area (Å²) in [5.74, 6) is 2.47. The Kier molecular flexibility index (Phi) is 6.57. The van der Waals surface area contributed by atoms with Crippen molar-refractivity contribution in [3.05, 3.63) is 78.4 Å². The van der Waals surface area contributed by atoms with Crippen molar-refractivity contribution in [3.63, 3.8) is 0 Å². The van der Waals surface area contributed by atoms with Crippen molar-refractivity contribution in [1.29, 1.82) is 0 Å². The zero-order valence-electron chi connectivity index (χ0n) is 17.8. The monoisotopic (exact) mass is 418 g/mol. The van der Waals surface area contributed by atoms with Gasteiger partial charge < -0.3 is 23.5 Å². The molecule has 160 valence electrons. The van der Waals surface area contributed by atoms with Gasteiger partial charge >= 0.3 is 0 Å². The van der Waals surface area contributed by atoms with Gasteiger partial charge in [0.25, 0.3) is 6.01 Å². The fourth-order valence-electron chi connectivity index (χ4n) is 3.35. The molecule has 0 bridgehead atoms. The summed E-state index contributed by atoms with van der Waals surface area (Å²) in [5, 5.41) is 0. The lowest BCUT2D eigenvalue weighted by atomic mass is 10.2. The molecule has 1 heterocycles. The number of methoxy groups -OCH3 is 2. The number of rotatable bonds is 10. The van der Waals surface area contributed by atoms with Crippen molar-refractivity contribution in [1.82, 2.24) is 4.98 Å². The van der Waals surface area contributed by atoms with E-state index < -0.39 is 0 Å². The molecule has 0 aliphatic heterocycles. The first-order chi connectivity index (χ1) is 15.2. The standard InChI is InChI=1S/C25H26N2O4/c1-28-20-11-13-21(14-12-20)30-16-6-15-27(18-19-7-5-8-22(17-19)29-2)25-26-23-9-3-4-10-24(23)31-25/h3-5,7-14,17H,6,15-16,18H2,1-2H3. The van der Waals surface area contributed by atoms with Crippen LogP contribution in [0.3, 0.4) is 0 Å². The second-order valence-electron chi connectivity index (χ2n) is 7.11. The Morgan fingerprint density at radius 1 is 0.839 bits per heavy atom. The van der Waals surface area contributed by atoms with Gasteiger partial charge in [0, 0.05) is 13.1 Å². The minimum atomic E-state index is 0.584. The summed E-state index contributed by atoms with van der Waals surface area (Å²) >= 11 is 0. The van der Waals surface area contributed by atoms with Crippen molar-refractivity contribution >= 4 is 17.1 Å². The number of hydrogen-bond acceptors (Lipinski definition) is 6. The molecule has 6 nitrogen and oxygen atoms in total. The van der Waals surface area contributed by atoms with Crippen molar-refractivity contribution in [3.8, 4) is 17.2 Å². The summed E-state index contributed by atoms with van der Waals surface area (Å²) in [6, 6.07) is 24.1. The van der Waals surface area contributed by atoms with Gasteiger partial charge in [0.1, 0.15) is 22.8 Å². The third-order valence-corrected chi connectivity index (χ3v) is 4.96. The highest BCUT2D eigenvalue weighted by atomic mass is 16.5. The molecule has 0 atom stereocenters. The molecule has 0 saturated carbocycles. The molecule has 0 aliphatic carbocycles. The highest BCUT2D eigenvalue weighted by Gasteiger charge is 2.15. The third-order valence-electron chi connectivity index (χ3n) is 4.96. The van der Waals surface area contributed by atoms with E-state index >= 15 is 0 Å². The lowest BCUT2D eigenvalue weighted by Crippen LogP contribution is -2.25. The summed E-state index contributed by atoms with van der Waals surface area (Å²) in [6.07, 6.45) is 0.814. The second kappa shape index (κ2) is 9.89. The van der Waals surface area contributed by atoms with E-state index in [0.717, 1.165) is 46.9 Å². The Morgan fingerprint density at radius 2 is 1.61 bits per heavy atom. The Labute approximate surface area is 182 Å². The number of para-hydroxylation sites is 2. The number of oxazole rings is 1. The van der Waals surface area contributed by atoms with Crippen molar-refractivity contribution < 1.29 is 18.6 Å². The number of ether oxygens (including phenoxy) is 3. The van der Waals surface area contributed by atoms with Crippen LogP contribution in [0.15, 0.2) is 77.2 Å². The Morgan fingerprint density at radius 3 is 2.39 bits per heavy atom. The average molecular weight is 418 g/mol. The normalized spacial score (nSPS) is 10.8. The van der Waals surface area contributed by atoms with Crippen LogP contribution in [0.25, 0.3) is 11.1 Å². The molecule has 0 N–H and O–H groups in total. The molecule has 0 aliphatic rings. The minimum Gasteiger partial charge on any atom is -0.497 e. The maximum Gasteiger partial charge on any atom is 0.298 e. The summed E-state index contributed by atoms with van der Waals surface area (Å²) in [6.45, 7) is 1.98. The summed E-state index contributed by atoms with van der Waals surface area (Å²) in [5.41, 5.74) is 2.75. The van der Waals surface area contributed by atoms with Crippen LogP contribution >= 0.6 is 0 Å². The molecule has 0 unspecified atom stereocenters. The lowest BCUT2D eigenvalue weighted by Gasteiger charge is -2.21. The van der Waals surface area contributed by atoms with Crippen LogP contribution in [0.5, 0.6) is 17.2 Å². The smallest absolute Gasteiger partial charge is 0.298 e. The number of fused-ring (bicyclic) bond motifs is 1. The molecule has 31 heavy (non-hydrogen) atoms. The van der Waals surface area contributed by atoms with Crippen LogP contribution < -0.4 is 19.1 Å². The van der Waals surface area contributed by atoms with E-state index in [1.807, 2.05) is 66.7 Å². The number of anilines is 1. The molecule has 4 aromatic rings. The Hall–Kier alpha value is -3.67. The highest BCUT2D eigenvalue weighted by Crippen LogP contribution is 2.24. The van der Waals surface area contributed by atoms with Crippen LogP contribution in [-0.2, 0) is 6.54 Å². The van der Waals surface area contributed by atoms with E-state index in [1.165, 1.54) is 0 Å². The van der Waals surface area contributed by atoms with Crippen LogP contribution in [0.2, 0.25) is 0 Å². The fraction of sp³-hybridized carbons (Fsp3) is 0.240. The molecular weight excluding hydrogens is 392 g/mol. The predicted molar refractivity (Wildman–Crippen MR) is 121 cm³/mol. The minimum absolute atomic E-state index is 0.584. The van der Waals surface area contributed by atoms with Gasteiger partial charge in [0.15, 0.2) is 5.58 Å². The van der Waals surface area contributed by atoms with Crippen LogP contribution in [-0.4, -0.2) is 32.4 Å². The zero-order chi connectivity index (χ0) is 21.5. The Bertz CT molecular complexity index is 1070. The molecule has 0 saturated heterocycles. The third kappa shape index (κ3) is 5.28. The molecule has 0 radical (unpaired) electrons. The number of aromatic nitrogens is 1. The maximum atomic E-state index is 6.03. The van der Waals surface area contributed by atoms with Crippen LogP contribution in [0.4, 0.5) is 6.01 Å². The van der Waals surface area contributed by atoms with Gasteiger partial charge in [0.2, 0.25) is 0 Å². The zero-order valence-corrected chi connectivity index (χ0v) is 17.8. The topological polar surface area (TPSA) is 57.0 Å². The Balaban J connectivity index is 1.44. The summed E-state index contributed by atoms with van der Waals surface area (Å²) in [4.78, 5) is 6.81. The predicted octanol–water partition coefficient (Wildman–Crippen LogP) is 5.32. The average Bonchev–Trinajstić information content (AvgIpc) is 3.26. The number of nitrogens with zero attached hydrogens (tertiary/aromatic N) is 2. The SMILES string of the molecule is COc1ccc(OCCCN(Cc2cccc(OC)c2)c2nc3ccccc3o2)cc1. The van der Waals surface area contributed by atoms with Crippen LogP contribution in [0.1, 0.15) is 12.0 Å². The second-order valence-corrected chi connectivity index (χ2v) is 7.11. The van der Waals surface area contributed by atoms with E-state index in [4.69, 9.17) is 18.6 Å². The molecule has 0 fully saturated rings. The van der Waals surface area contributed by atoms with Gasteiger partial charge in [-0.2, -0.15) is 4.98 Å². The van der Waals surface area contributed by atoms with Gasteiger partial charge in [-0.15, -0.1) is 0 Å². The van der Waals surface area contributed by atoms with Gasteiger partial charge in [-0.3, -0.25) is 0 Å². The largest absolute Gasteiger partial charge is 0.497 e. The molecule has 0 spiro atoms. The molecule has 0 amide bonds. The molecular formula is C25H26N2O4. The molecule has 6 heteroatoms. The van der Waals surface area contributed by atoms with E-state index in [2.05, 4.69) is 16.0 Å². The van der Waals surface area contributed by atoms with Crippen molar-refractivity contribution in [2.75, 3.05) is 32.3 Å². The van der Waals surface area contributed by atoms with Gasteiger partial charge in [0.05, 0.1) is 20.8 Å². The molecule has 3 aromatic carbocycles. The summed E-state index contributed by atoms with van der Waals surface area (Å²) < 4.78 is 22.5. The molecule has 1 aromatic heterocycles. The van der Waals surface area contributed by atoms with Gasteiger partial charge in [-0.05, 0) is 60.5 Å². The first-order valence-electron chi connectivity index (χ1n) is 10.3. The van der Waals surface area contributed by atoms with E-state index in [9.17, 15) is 0 Å². The quantitative estimate of drug-likeness (QED) is 0.325. The van der Waals surface area contributed by atoms with Gasteiger partial charge in [-0.1, -0.05) is 24.3 Å². The number of benzene rings is 3. The lowest BCUT2D eigenvalue weighted by molar-refractivity contribution is 0.309. The molecule has 4 rings (SSSR count). The van der Waals surface area contributed by atoms with E-state index in [1.54, 1.807) is 14.2 Å². The number of hydrogen-bond donors (Lipinski definition) is 0. The van der Waals surface area contributed by atoms with E-state index in [0.29, 0.717) is 19.2 Å². The van der Waals surface area contributed by atoms with E-state index in [-0.39, 0.29) is 0 Å². The van der Waals surface area contributed by atoms with Crippen molar-refractivity contribution in [2.24, 2.45) is 0 Å². The van der Waals surface area contributed by atoms with Crippen molar-refractivity contribution in [2.45, 2.75) is 13.0 Å². The highest BCUT2D eigenvalue weighted by molar-refractivity contribution is 5.74. The summed E-state index contributed by atoms with van der Waals surface area (Å²) in [7, 11) is 3.33. The first-order valence-corrected chi connectivity index (χ1v) is 10.3. The first kappa shape index (κ1) is 20.6. The fourth-order valence-corrected chi connectivity index (χ4v) is 3.35. The van der Waals surface area contributed by atoms with Crippen LogP contribution in [0, 0.1) is 0 Å².